The van der Waals surface area contributed by atoms with E-state index in [9.17, 15) is 5.11 Å². The van der Waals surface area contributed by atoms with Crippen LogP contribution in [0, 0.1) is 46.8 Å². The smallest absolute Gasteiger partial charge is 0.0819 e. The number of fused-ring (bicyclic) bond motifs is 5. The van der Waals surface area contributed by atoms with Gasteiger partial charge in [0.15, 0.2) is 0 Å². The minimum absolute atomic E-state index is 0.0606. The molecule has 4 fully saturated rings. The molecule has 0 aromatic carbocycles. The van der Waals surface area contributed by atoms with Gasteiger partial charge < -0.3 is 24.1 Å². The number of aliphatic hydroxyl groups excluding tert-OH is 1. The van der Waals surface area contributed by atoms with Crippen molar-refractivity contribution in [2.75, 3.05) is 65.9 Å². The zero-order chi connectivity index (χ0) is 30.9. The Hall–Kier alpha value is -0.500. The molecule has 3 saturated carbocycles. The highest BCUT2D eigenvalue weighted by Crippen LogP contribution is 2.63. The van der Waals surface area contributed by atoms with Gasteiger partial charge in [-0.25, -0.2) is 0 Å². The predicted octanol–water partition coefficient (Wildman–Crippen LogP) is 7.14. The van der Waals surface area contributed by atoms with Crippen molar-refractivity contribution in [3.63, 3.8) is 0 Å². The summed E-state index contributed by atoms with van der Waals surface area (Å²) in [6.45, 7) is 16.8. The van der Waals surface area contributed by atoms with Crippen molar-refractivity contribution < 1.29 is 24.1 Å². The van der Waals surface area contributed by atoms with Gasteiger partial charge in [-0.15, -0.1) is 0 Å². The van der Waals surface area contributed by atoms with Crippen LogP contribution in [-0.2, 0) is 18.9 Å². The standard InChI is InChI=1S/C38H67NO5/c1-28(2)6-5-7-29(3)33-10-11-35-34(33)12-13-37-36(35)9-8-30-26-31(14-16-38(30,37)4)43-24-22-42-23-25-44-32(27-40)15-17-39-18-20-41-21-19-39/h8,28-29,31-37,40H,5-7,9-27H2,1-4H3/t29-,31?,32?,33-,34?,35-,36+,37+,38+/m1/s1. The molecule has 254 valence electrons. The second-order valence-corrected chi connectivity index (χ2v) is 15.9. The highest BCUT2D eigenvalue weighted by molar-refractivity contribution is 5.24. The van der Waals surface area contributed by atoms with Crippen LogP contribution in [0.25, 0.3) is 0 Å². The summed E-state index contributed by atoms with van der Waals surface area (Å²) in [4.78, 5) is 2.38. The lowest BCUT2D eigenvalue weighted by atomic mass is 9.50. The Morgan fingerprint density at radius 3 is 2.52 bits per heavy atom. The molecule has 1 N–H and O–H groups in total. The molecule has 6 nitrogen and oxygen atoms in total. The molecule has 5 aliphatic rings. The molecule has 4 aliphatic carbocycles. The van der Waals surface area contributed by atoms with Crippen LogP contribution in [0.5, 0.6) is 0 Å². The summed E-state index contributed by atoms with van der Waals surface area (Å²) in [6, 6.07) is 0. The number of morpholine rings is 1. The largest absolute Gasteiger partial charge is 0.394 e. The zero-order valence-corrected chi connectivity index (χ0v) is 28.9. The third kappa shape index (κ3) is 8.89. The number of hydrogen-bond donors (Lipinski definition) is 1. The Labute approximate surface area is 270 Å². The van der Waals surface area contributed by atoms with E-state index in [2.05, 4.69) is 38.7 Å². The van der Waals surface area contributed by atoms with E-state index in [0.29, 0.717) is 37.9 Å². The number of aliphatic hydroxyl groups is 1. The molecule has 1 heterocycles. The maximum Gasteiger partial charge on any atom is 0.0819 e. The topological polar surface area (TPSA) is 60.4 Å². The molecule has 0 bridgehead atoms. The molecule has 1 saturated heterocycles. The first kappa shape index (κ1) is 34.8. The van der Waals surface area contributed by atoms with Gasteiger partial charge >= 0.3 is 0 Å². The molecular weight excluding hydrogens is 550 g/mol. The molecule has 44 heavy (non-hydrogen) atoms. The summed E-state index contributed by atoms with van der Waals surface area (Å²) < 4.78 is 23.5. The van der Waals surface area contributed by atoms with Crippen molar-refractivity contribution in [3.05, 3.63) is 11.6 Å². The second-order valence-electron chi connectivity index (χ2n) is 15.9. The van der Waals surface area contributed by atoms with E-state index < -0.39 is 0 Å². The summed E-state index contributed by atoms with van der Waals surface area (Å²) >= 11 is 0. The molecule has 0 radical (unpaired) electrons. The lowest BCUT2D eigenvalue weighted by Gasteiger charge is -2.55. The van der Waals surface area contributed by atoms with Crippen LogP contribution in [0.3, 0.4) is 0 Å². The van der Waals surface area contributed by atoms with Gasteiger partial charge in [0.2, 0.25) is 0 Å². The van der Waals surface area contributed by atoms with E-state index in [0.717, 1.165) is 87.1 Å². The molecule has 6 heteroatoms. The molecule has 0 spiro atoms. The van der Waals surface area contributed by atoms with Gasteiger partial charge in [0, 0.05) is 19.6 Å². The zero-order valence-electron chi connectivity index (χ0n) is 28.9. The molecule has 0 amide bonds. The summed E-state index contributed by atoms with van der Waals surface area (Å²) in [6.07, 6.45) is 18.9. The lowest BCUT2D eigenvalue weighted by molar-refractivity contribution is -0.0568. The summed E-state index contributed by atoms with van der Waals surface area (Å²) in [5.41, 5.74) is 2.11. The van der Waals surface area contributed by atoms with E-state index in [1.54, 1.807) is 5.57 Å². The SMILES string of the molecule is CC(C)CCC[C@@H](C)[C@H]1CC[C@@H]2C1CC[C@H]1[C@H]2CC=C2CC(OCCOCCOC(CO)CCN3CCOCC3)CC[C@@]21C. The fourth-order valence-electron chi connectivity index (χ4n) is 10.3. The Balaban J connectivity index is 0.986. The van der Waals surface area contributed by atoms with Crippen LogP contribution >= 0.6 is 0 Å². The quantitative estimate of drug-likeness (QED) is 0.138. The van der Waals surface area contributed by atoms with E-state index in [-0.39, 0.29) is 12.7 Å². The van der Waals surface area contributed by atoms with Crippen molar-refractivity contribution in [2.45, 2.75) is 117 Å². The first-order valence-electron chi connectivity index (χ1n) is 18.8. The van der Waals surface area contributed by atoms with Gasteiger partial charge in [0.1, 0.15) is 0 Å². The Kier molecular flexibility index (Phi) is 13.5. The number of rotatable bonds is 17. The van der Waals surface area contributed by atoms with E-state index >= 15 is 0 Å². The Morgan fingerprint density at radius 2 is 1.73 bits per heavy atom. The highest BCUT2D eigenvalue weighted by atomic mass is 16.6. The third-order valence-electron chi connectivity index (χ3n) is 12.8. The van der Waals surface area contributed by atoms with Crippen molar-refractivity contribution in [2.24, 2.45) is 46.8 Å². The van der Waals surface area contributed by atoms with Gasteiger partial charge in [-0.05, 0) is 105 Å². The summed E-state index contributed by atoms with van der Waals surface area (Å²) in [7, 11) is 0. The van der Waals surface area contributed by atoms with Crippen LogP contribution in [0.1, 0.15) is 105 Å². The number of allylic oxidation sites excluding steroid dienone is 1. The Bertz CT molecular complexity index is 873. The minimum atomic E-state index is -0.120. The van der Waals surface area contributed by atoms with Crippen LogP contribution < -0.4 is 0 Å². The number of hydrogen-bond acceptors (Lipinski definition) is 6. The molecule has 3 unspecified atom stereocenters. The molecule has 0 aromatic rings. The van der Waals surface area contributed by atoms with Crippen molar-refractivity contribution in [1.82, 2.24) is 4.90 Å². The fraction of sp³-hybridized carbons (Fsp3) is 0.947. The van der Waals surface area contributed by atoms with E-state index in [1.807, 2.05) is 0 Å². The highest BCUT2D eigenvalue weighted by Gasteiger charge is 2.54. The molecule has 9 atom stereocenters. The van der Waals surface area contributed by atoms with Crippen LogP contribution in [0.4, 0.5) is 0 Å². The molecule has 0 aromatic heterocycles. The van der Waals surface area contributed by atoms with Gasteiger partial charge in [-0.1, -0.05) is 58.6 Å². The van der Waals surface area contributed by atoms with Crippen molar-refractivity contribution >= 4 is 0 Å². The summed E-state index contributed by atoms with van der Waals surface area (Å²) in [5.74, 6) is 6.54. The normalized spacial score (nSPS) is 35.5. The van der Waals surface area contributed by atoms with Crippen LogP contribution in [0.15, 0.2) is 11.6 Å². The molecule has 1 aliphatic heterocycles. The van der Waals surface area contributed by atoms with Gasteiger partial charge in [0.05, 0.1) is 58.5 Å². The first-order valence-corrected chi connectivity index (χ1v) is 18.8. The van der Waals surface area contributed by atoms with Crippen LogP contribution in [-0.4, -0.2) is 88.1 Å². The first-order chi connectivity index (χ1) is 21.4. The number of ether oxygens (including phenoxy) is 4. The van der Waals surface area contributed by atoms with Crippen molar-refractivity contribution in [1.29, 1.82) is 0 Å². The average Bonchev–Trinajstić information content (AvgIpc) is 3.47. The van der Waals surface area contributed by atoms with Gasteiger partial charge in [-0.3, -0.25) is 4.90 Å². The maximum atomic E-state index is 9.68. The average molecular weight is 618 g/mol. The second kappa shape index (κ2) is 17.1. The minimum Gasteiger partial charge on any atom is -0.394 e. The lowest BCUT2D eigenvalue weighted by Crippen LogP contribution is -2.48. The predicted molar refractivity (Wildman–Crippen MR) is 178 cm³/mol. The van der Waals surface area contributed by atoms with Gasteiger partial charge in [0.25, 0.3) is 0 Å². The summed E-state index contributed by atoms with van der Waals surface area (Å²) in [5, 5.41) is 9.68. The van der Waals surface area contributed by atoms with Crippen LogP contribution in [0.2, 0.25) is 0 Å². The van der Waals surface area contributed by atoms with E-state index in [1.165, 1.54) is 64.2 Å². The third-order valence-corrected chi connectivity index (χ3v) is 12.8. The Morgan fingerprint density at radius 1 is 0.932 bits per heavy atom. The van der Waals surface area contributed by atoms with E-state index in [4.69, 9.17) is 18.9 Å². The molecule has 5 rings (SSSR count). The fourth-order valence-corrected chi connectivity index (χ4v) is 10.3. The number of nitrogens with zero attached hydrogens (tertiary/aromatic N) is 1. The monoisotopic (exact) mass is 618 g/mol. The van der Waals surface area contributed by atoms with Gasteiger partial charge in [-0.2, -0.15) is 0 Å². The maximum absolute atomic E-state index is 9.68. The van der Waals surface area contributed by atoms with Crippen molar-refractivity contribution in [3.8, 4) is 0 Å². The molecular formula is C38H67NO5.